The minimum atomic E-state index is -1.07. The zero-order chi connectivity index (χ0) is 15.3. The molecule has 0 aliphatic heterocycles. The summed E-state index contributed by atoms with van der Waals surface area (Å²) in [7, 11) is 1.40. The Kier molecular flexibility index (Phi) is 5.35. The van der Waals surface area contributed by atoms with Crippen LogP contribution < -0.4 is 5.32 Å². The number of carbonyl (C=O) groups excluding carboxylic acids is 1. The second-order valence-electron chi connectivity index (χ2n) is 4.11. The molecule has 0 spiro atoms. The van der Waals surface area contributed by atoms with Crippen molar-refractivity contribution in [2.24, 2.45) is 0 Å². The third-order valence-electron chi connectivity index (χ3n) is 2.80. The van der Waals surface area contributed by atoms with Crippen molar-refractivity contribution in [2.75, 3.05) is 12.4 Å². The van der Waals surface area contributed by atoms with Crippen LogP contribution in [0.5, 0.6) is 0 Å². The Balaban J connectivity index is 2.86. The van der Waals surface area contributed by atoms with Gasteiger partial charge in [0.15, 0.2) is 0 Å². The van der Waals surface area contributed by atoms with Gasteiger partial charge in [0, 0.05) is 7.05 Å². The number of carboxylic acid groups (broad SMARTS) is 1. The molecule has 2 amide bonds. The number of benzene rings is 1. The van der Waals surface area contributed by atoms with E-state index in [2.05, 4.69) is 5.32 Å². The minimum absolute atomic E-state index is 0.217. The van der Waals surface area contributed by atoms with Crippen molar-refractivity contribution >= 4 is 29.3 Å². The van der Waals surface area contributed by atoms with Crippen LogP contribution >= 0.6 is 11.6 Å². The van der Waals surface area contributed by atoms with E-state index in [1.165, 1.54) is 25.2 Å². The van der Waals surface area contributed by atoms with Crippen molar-refractivity contribution < 1.29 is 14.7 Å². The molecule has 1 atom stereocenters. The standard InChI is InChI=1S/C13H14ClN3O3/c1-3-11(12(18)19)17(2)13(20)16-10-5-4-8(7-15)6-9(10)14/h4-6,11H,3H2,1-2H3,(H,16,20)(H,18,19). The quantitative estimate of drug-likeness (QED) is 0.892. The molecule has 7 heteroatoms. The van der Waals surface area contributed by atoms with Crippen molar-refractivity contribution in [1.82, 2.24) is 4.90 Å². The molecule has 6 nitrogen and oxygen atoms in total. The van der Waals surface area contributed by atoms with Gasteiger partial charge in [-0.05, 0) is 24.6 Å². The maximum absolute atomic E-state index is 12.0. The summed E-state index contributed by atoms with van der Waals surface area (Å²) in [6.45, 7) is 1.68. The zero-order valence-corrected chi connectivity index (χ0v) is 11.8. The third-order valence-corrected chi connectivity index (χ3v) is 3.11. The highest BCUT2D eigenvalue weighted by atomic mass is 35.5. The fourth-order valence-corrected chi connectivity index (χ4v) is 1.87. The van der Waals surface area contributed by atoms with E-state index in [9.17, 15) is 9.59 Å². The van der Waals surface area contributed by atoms with Crippen LogP contribution in [0.2, 0.25) is 5.02 Å². The molecule has 0 bridgehead atoms. The number of nitrogens with one attached hydrogen (secondary N) is 1. The Morgan fingerprint density at radius 2 is 2.20 bits per heavy atom. The summed E-state index contributed by atoms with van der Waals surface area (Å²) < 4.78 is 0. The van der Waals surface area contributed by atoms with E-state index < -0.39 is 18.0 Å². The van der Waals surface area contributed by atoms with Crippen LogP contribution in [0.1, 0.15) is 18.9 Å². The molecule has 1 aromatic rings. The highest BCUT2D eigenvalue weighted by Gasteiger charge is 2.25. The molecular formula is C13H14ClN3O3. The largest absolute Gasteiger partial charge is 0.480 e. The Hall–Kier alpha value is -2.26. The molecule has 2 N–H and O–H groups in total. The molecule has 0 fully saturated rings. The molecule has 1 aromatic carbocycles. The van der Waals surface area contributed by atoms with Crippen molar-refractivity contribution in [3.63, 3.8) is 0 Å². The van der Waals surface area contributed by atoms with Gasteiger partial charge in [0.2, 0.25) is 0 Å². The number of hydrogen-bond acceptors (Lipinski definition) is 3. The molecule has 0 heterocycles. The number of hydrogen-bond donors (Lipinski definition) is 2. The van der Waals surface area contributed by atoms with Gasteiger partial charge in [-0.3, -0.25) is 0 Å². The van der Waals surface area contributed by atoms with Crippen LogP contribution in [-0.4, -0.2) is 35.1 Å². The zero-order valence-electron chi connectivity index (χ0n) is 11.1. The Morgan fingerprint density at radius 1 is 1.55 bits per heavy atom. The second-order valence-corrected chi connectivity index (χ2v) is 4.52. The van der Waals surface area contributed by atoms with Crippen LogP contribution in [0.15, 0.2) is 18.2 Å². The average Bonchev–Trinajstić information content (AvgIpc) is 2.41. The first kappa shape index (κ1) is 15.8. The lowest BCUT2D eigenvalue weighted by molar-refractivity contribution is -0.141. The predicted molar refractivity (Wildman–Crippen MR) is 74.7 cm³/mol. The Morgan fingerprint density at radius 3 is 2.65 bits per heavy atom. The fraction of sp³-hybridized carbons (Fsp3) is 0.308. The first-order valence-corrected chi connectivity index (χ1v) is 6.24. The summed E-state index contributed by atoms with van der Waals surface area (Å²) in [6, 6.07) is 4.87. The number of nitrogens with zero attached hydrogens (tertiary/aromatic N) is 2. The van der Waals surface area contributed by atoms with E-state index in [0.29, 0.717) is 17.7 Å². The lowest BCUT2D eigenvalue weighted by atomic mass is 10.2. The van der Waals surface area contributed by atoms with Gasteiger partial charge in [-0.25, -0.2) is 9.59 Å². The van der Waals surface area contributed by atoms with E-state index in [4.69, 9.17) is 22.0 Å². The van der Waals surface area contributed by atoms with E-state index in [-0.39, 0.29) is 5.02 Å². The number of likely N-dealkylation sites (N-methyl/N-ethyl adjacent to an activating group) is 1. The molecule has 20 heavy (non-hydrogen) atoms. The number of amides is 2. The lowest BCUT2D eigenvalue weighted by Gasteiger charge is -2.24. The molecule has 0 saturated carbocycles. The summed E-state index contributed by atoms with van der Waals surface area (Å²) in [5.74, 6) is -1.07. The van der Waals surface area contributed by atoms with E-state index in [1.54, 1.807) is 6.92 Å². The molecule has 1 rings (SSSR count). The maximum Gasteiger partial charge on any atom is 0.326 e. The number of carboxylic acids is 1. The van der Waals surface area contributed by atoms with E-state index in [1.807, 2.05) is 6.07 Å². The SMILES string of the molecule is CCC(C(=O)O)N(C)C(=O)Nc1ccc(C#N)cc1Cl. The van der Waals surface area contributed by atoms with Crippen molar-refractivity contribution in [2.45, 2.75) is 19.4 Å². The first-order valence-electron chi connectivity index (χ1n) is 5.87. The summed E-state index contributed by atoms with van der Waals surface area (Å²) in [4.78, 5) is 24.0. The second kappa shape index (κ2) is 6.78. The smallest absolute Gasteiger partial charge is 0.326 e. The number of aliphatic carboxylic acids is 1. The molecule has 0 radical (unpaired) electrons. The van der Waals surface area contributed by atoms with Crippen molar-refractivity contribution in [3.8, 4) is 6.07 Å². The van der Waals surface area contributed by atoms with Gasteiger partial charge >= 0.3 is 12.0 Å². The van der Waals surface area contributed by atoms with Crippen LogP contribution in [0.4, 0.5) is 10.5 Å². The summed E-state index contributed by atoms with van der Waals surface area (Å²) in [6.07, 6.45) is 0.292. The molecule has 106 valence electrons. The van der Waals surface area contributed by atoms with Gasteiger partial charge in [-0.15, -0.1) is 0 Å². The Bertz CT molecular complexity index is 568. The molecule has 1 unspecified atom stereocenters. The molecule has 0 aromatic heterocycles. The highest BCUT2D eigenvalue weighted by Crippen LogP contribution is 2.23. The highest BCUT2D eigenvalue weighted by molar-refractivity contribution is 6.33. The molecule has 0 saturated heterocycles. The summed E-state index contributed by atoms with van der Waals surface area (Å²) in [5.41, 5.74) is 0.695. The van der Waals surface area contributed by atoms with Gasteiger partial charge in [-0.1, -0.05) is 18.5 Å². The monoisotopic (exact) mass is 295 g/mol. The van der Waals surface area contributed by atoms with Crippen LogP contribution in [-0.2, 0) is 4.79 Å². The fourth-order valence-electron chi connectivity index (χ4n) is 1.65. The molecule has 0 aliphatic rings. The number of anilines is 1. The van der Waals surface area contributed by atoms with Crippen LogP contribution in [0, 0.1) is 11.3 Å². The minimum Gasteiger partial charge on any atom is -0.480 e. The summed E-state index contributed by atoms with van der Waals surface area (Å²) in [5, 5.41) is 20.4. The van der Waals surface area contributed by atoms with Gasteiger partial charge in [0.05, 0.1) is 22.3 Å². The van der Waals surface area contributed by atoms with Crippen molar-refractivity contribution in [1.29, 1.82) is 5.26 Å². The third kappa shape index (κ3) is 3.62. The number of carbonyl (C=O) groups is 2. The number of rotatable bonds is 4. The molecule has 0 aliphatic carbocycles. The average molecular weight is 296 g/mol. The Labute approximate surface area is 121 Å². The predicted octanol–water partition coefficient (Wildman–Crippen LogP) is 2.54. The molecular weight excluding hydrogens is 282 g/mol. The van der Waals surface area contributed by atoms with Gasteiger partial charge < -0.3 is 15.3 Å². The lowest BCUT2D eigenvalue weighted by Crippen LogP contribution is -2.44. The van der Waals surface area contributed by atoms with Crippen molar-refractivity contribution in [3.05, 3.63) is 28.8 Å². The van der Waals surface area contributed by atoms with Gasteiger partial charge in [0.1, 0.15) is 6.04 Å². The van der Waals surface area contributed by atoms with Gasteiger partial charge in [0.25, 0.3) is 0 Å². The van der Waals surface area contributed by atoms with Crippen LogP contribution in [0.25, 0.3) is 0 Å². The first-order chi connectivity index (χ1) is 9.40. The van der Waals surface area contributed by atoms with Crippen LogP contribution in [0.3, 0.4) is 0 Å². The number of halogens is 1. The number of urea groups is 1. The topological polar surface area (TPSA) is 93.4 Å². The summed E-state index contributed by atoms with van der Waals surface area (Å²) >= 11 is 5.93. The normalized spacial score (nSPS) is 11.3. The van der Waals surface area contributed by atoms with Gasteiger partial charge in [-0.2, -0.15) is 5.26 Å². The van der Waals surface area contributed by atoms with E-state index >= 15 is 0 Å². The number of nitriles is 1. The van der Waals surface area contributed by atoms with E-state index in [0.717, 1.165) is 4.90 Å². The maximum atomic E-state index is 12.0.